The molecule has 1 aromatic rings. The van der Waals surface area contributed by atoms with Crippen LogP contribution in [-0.4, -0.2) is 19.1 Å². The summed E-state index contributed by atoms with van der Waals surface area (Å²) in [6, 6.07) is 7.05. The van der Waals surface area contributed by atoms with Gasteiger partial charge in [0.2, 0.25) is 0 Å². The van der Waals surface area contributed by atoms with E-state index in [0.717, 1.165) is 30.7 Å². The van der Waals surface area contributed by atoms with E-state index >= 15 is 0 Å². The van der Waals surface area contributed by atoms with Crippen molar-refractivity contribution in [1.82, 2.24) is 5.32 Å². The maximum absolute atomic E-state index is 6.46. The first-order valence-electron chi connectivity index (χ1n) is 7.81. The average Bonchev–Trinajstić information content (AvgIpc) is 3.20. The molecule has 1 aliphatic carbocycles. The lowest BCUT2D eigenvalue weighted by molar-refractivity contribution is 0.293. The van der Waals surface area contributed by atoms with E-state index in [0.29, 0.717) is 5.41 Å². The molecule has 0 amide bonds. The molecular formula is C17H25ClN2. The van der Waals surface area contributed by atoms with Gasteiger partial charge in [-0.05, 0) is 43.2 Å². The van der Waals surface area contributed by atoms with Gasteiger partial charge in [0.25, 0.3) is 0 Å². The summed E-state index contributed by atoms with van der Waals surface area (Å²) >= 11 is 6.46. The maximum atomic E-state index is 6.46. The Balaban J connectivity index is 1.81. The number of hydrogen-bond acceptors (Lipinski definition) is 2. The summed E-state index contributed by atoms with van der Waals surface area (Å²) in [4.78, 5) is 2.53. The number of nitrogens with zero attached hydrogens (tertiary/aromatic N) is 1. The van der Waals surface area contributed by atoms with Gasteiger partial charge in [0.05, 0.1) is 0 Å². The summed E-state index contributed by atoms with van der Waals surface area (Å²) in [5.41, 5.74) is 3.01. The van der Waals surface area contributed by atoms with Crippen molar-refractivity contribution in [3.63, 3.8) is 0 Å². The van der Waals surface area contributed by atoms with E-state index in [4.69, 9.17) is 11.6 Å². The highest BCUT2D eigenvalue weighted by molar-refractivity contribution is 6.31. The third-order valence-corrected chi connectivity index (χ3v) is 4.83. The molecule has 1 aromatic carbocycles. The monoisotopic (exact) mass is 292 g/mol. The van der Waals surface area contributed by atoms with Crippen LogP contribution in [0, 0.1) is 5.41 Å². The number of piperidine rings is 1. The second-order valence-corrected chi connectivity index (χ2v) is 7.49. The molecule has 0 aromatic heterocycles. The van der Waals surface area contributed by atoms with E-state index in [1.54, 1.807) is 0 Å². The van der Waals surface area contributed by atoms with Crippen molar-refractivity contribution in [3.05, 3.63) is 28.8 Å². The normalized spacial score (nSPS) is 22.1. The van der Waals surface area contributed by atoms with Crippen LogP contribution in [0.1, 0.15) is 45.1 Å². The highest BCUT2D eigenvalue weighted by Gasteiger charge is 2.28. The molecule has 110 valence electrons. The number of rotatable bonds is 4. The number of halogens is 1. The van der Waals surface area contributed by atoms with Gasteiger partial charge in [0.1, 0.15) is 0 Å². The van der Waals surface area contributed by atoms with Crippen LogP contribution in [-0.2, 0) is 6.54 Å². The standard InChI is InChI=1S/C17H25ClN2/c1-17(2)9-4-10-20(12-17)16-6-3-5-15(18)14(16)11-19-13-7-8-13/h3,5-6,13,19H,4,7-12H2,1-2H3. The van der Waals surface area contributed by atoms with Crippen LogP contribution in [0.5, 0.6) is 0 Å². The fourth-order valence-electron chi connectivity index (χ4n) is 3.18. The van der Waals surface area contributed by atoms with Crippen molar-refractivity contribution in [3.8, 4) is 0 Å². The Morgan fingerprint density at radius 2 is 2.15 bits per heavy atom. The lowest BCUT2D eigenvalue weighted by atomic mass is 9.84. The first-order chi connectivity index (χ1) is 9.55. The van der Waals surface area contributed by atoms with Gasteiger partial charge in [0.15, 0.2) is 0 Å². The van der Waals surface area contributed by atoms with Crippen LogP contribution in [0.3, 0.4) is 0 Å². The molecule has 2 aliphatic rings. The SMILES string of the molecule is CC1(C)CCCN(c2cccc(Cl)c2CNC2CC2)C1. The second-order valence-electron chi connectivity index (χ2n) is 7.08. The average molecular weight is 293 g/mol. The smallest absolute Gasteiger partial charge is 0.0471 e. The lowest BCUT2D eigenvalue weighted by Crippen LogP contribution is -2.40. The molecule has 1 saturated heterocycles. The molecule has 1 aliphatic heterocycles. The van der Waals surface area contributed by atoms with E-state index in [1.165, 1.54) is 36.9 Å². The van der Waals surface area contributed by atoms with E-state index in [9.17, 15) is 0 Å². The van der Waals surface area contributed by atoms with Crippen LogP contribution in [0.4, 0.5) is 5.69 Å². The molecule has 2 nitrogen and oxygen atoms in total. The van der Waals surface area contributed by atoms with Crippen LogP contribution in [0.25, 0.3) is 0 Å². The summed E-state index contributed by atoms with van der Waals surface area (Å²) in [7, 11) is 0. The lowest BCUT2D eigenvalue weighted by Gasteiger charge is -2.40. The minimum absolute atomic E-state index is 0.405. The predicted molar refractivity (Wildman–Crippen MR) is 86.5 cm³/mol. The van der Waals surface area contributed by atoms with Crippen molar-refractivity contribution < 1.29 is 0 Å². The zero-order valence-electron chi connectivity index (χ0n) is 12.6. The fourth-order valence-corrected chi connectivity index (χ4v) is 3.42. The van der Waals surface area contributed by atoms with Gasteiger partial charge in [-0.15, -0.1) is 0 Å². The topological polar surface area (TPSA) is 15.3 Å². The van der Waals surface area contributed by atoms with Crippen LogP contribution in [0.15, 0.2) is 18.2 Å². The maximum Gasteiger partial charge on any atom is 0.0471 e. The van der Waals surface area contributed by atoms with Gasteiger partial charge in [-0.1, -0.05) is 31.5 Å². The van der Waals surface area contributed by atoms with Crippen molar-refractivity contribution in [2.45, 2.75) is 52.1 Å². The molecule has 0 atom stereocenters. The summed E-state index contributed by atoms with van der Waals surface area (Å²) in [6.07, 6.45) is 5.22. The Hall–Kier alpha value is -0.730. The molecule has 1 N–H and O–H groups in total. The van der Waals surface area contributed by atoms with Crippen molar-refractivity contribution in [2.24, 2.45) is 5.41 Å². The molecule has 3 rings (SSSR count). The molecule has 0 bridgehead atoms. The molecule has 20 heavy (non-hydrogen) atoms. The van der Waals surface area contributed by atoms with Gasteiger partial charge >= 0.3 is 0 Å². The van der Waals surface area contributed by atoms with E-state index in [2.05, 4.69) is 36.2 Å². The van der Waals surface area contributed by atoms with Gasteiger partial charge < -0.3 is 10.2 Å². The summed E-state index contributed by atoms with van der Waals surface area (Å²) < 4.78 is 0. The predicted octanol–water partition coefficient (Wildman–Crippen LogP) is 4.22. The zero-order chi connectivity index (χ0) is 14.2. The quantitative estimate of drug-likeness (QED) is 0.894. The van der Waals surface area contributed by atoms with Crippen molar-refractivity contribution >= 4 is 17.3 Å². The molecule has 3 heteroatoms. The van der Waals surface area contributed by atoms with Crippen molar-refractivity contribution in [1.29, 1.82) is 0 Å². The summed E-state index contributed by atoms with van der Waals surface area (Å²) in [6.45, 7) is 7.91. The van der Waals surface area contributed by atoms with E-state index in [1.807, 2.05) is 6.07 Å². The summed E-state index contributed by atoms with van der Waals surface area (Å²) in [5, 5.41) is 4.50. The van der Waals surface area contributed by atoms with Crippen LogP contribution < -0.4 is 10.2 Å². The summed E-state index contributed by atoms with van der Waals surface area (Å²) in [5.74, 6) is 0. The van der Waals surface area contributed by atoms with Gasteiger partial charge in [-0.2, -0.15) is 0 Å². The second kappa shape index (κ2) is 5.57. The molecule has 0 radical (unpaired) electrons. The Morgan fingerprint density at radius 3 is 2.85 bits per heavy atom. The molecular weight excluding hydrogens is 268 g/mol. The molecule has 2 fully saturated rings. The van der Waals surface area contributed by atoms with Gasteiger partial charge in [0, 0.05) is 41.9 Å². The highest BCUT2D eigenvalue weighted by atomic mass is 35.5. The first kappa shape index (κ1) is 14.2. The Kier molecular flexibility index (Phi) is 3.96. The fraction of sp³-hybridized carbons (Fsp3) is 0.647. The molecule has 1 heterocycles. The molecule has 1 saturated carbocycles. The third-order valence-electron chi connectivity index (χ3n) is 4.48. The zero-order valence-corrected chi connectivity index (χ0v) is 13.3. The third kappa shape index (κ3) is 3.29. The minimum Gasteiger partial charge on any atom is -0.371 e. The number of nitrogens with one attached hydrogen (secondary N) is 1. The van der Waals surface area contributed by atoms with E-state index < -0.39 is 0 Å². The van der Waals surface area contributed by atoms with Crippen molar-refractivity contribution in [2.75, 3.05) is 18.0 Å². The first-order valence-corrected chi connectivity index (χ1v) is 8.19. The number of benzene rings is 1. The molecule has 0 spiro atoms. The van der Waals surface area contributed by atoms with Crippen LogP contribution >= 0.6 is 11.6 Å². The number of anilines is 1. The molecule has 0 unspecified atom stereocenters. The minimum atomic E-state index is 0.405. The largest absolute Gasteiger partial charge is 0.371 e. The van der Waals surface area contributed by atoms with Crippen LogP contribution in [0.2, 0.25) is 5.02 Å². The Labute approximate surface area is 127 Å². The number of hydrogen-bond donors (Lipinski definition) is 1. The van der Waals surface area contributed by atoms with E-state index in [-0.39, 0.29) is 0 Å². The van der Waals surface area contributed by atoms with Gasteiger partial charge in [-0.3, -0.25) is 0 Å². The highest BCUT2D eigenvalue weighted by Crippen LogP contribution is 2.35. The Morgan fingerprint density at radius 1 is 1.35 bits per heavy atom. The Bertz CT molecular complexity index is 480. The van der Waals surface area contributed by atoms with Gasteiger partial charge in [-0.25, -0.2) is 0 Å².